The molecule has 0 aliphatic heterocycles. The van der Waals surface area contributed by atoms with Gasteiger partial charge in [0, 0.05) is 31.6 Å². The van der Waals surface area contributed by atoms with Gasteiger partial charge in [-0.15, -0.1) is 11.3 Å². The molecular weight excluding hydrogens is 292 g/mol. The number of hydrogen-bond donors (Lipinski definition) is 1. The minimum absolute atomic E-state index is 0.324. The molecule has 0 bridgehead atoms. The number of aliphatic hydroxyl groups excluding tert-OH is 1. The van der Waals surface area contributed by atoms with Crippen LogP contribution in [-0.2, 0) is 0 Å². The van der Waals surface area contributed by atoms with Gasteiger partial charge in [-0.25, -0.2) is 0 Å². The Balaban J connectivity index is 2.03. The largest absolute Gasteiger partial charge is 0.380 e. The van der Waals surface area contributed by atoms with Crippen molar-refractivity contribution < 1.29 is 9.90 Å². The van der Waals surface area contributed by atoms with Crippen molar-refractivity contribution in [3.05, 3.63) is 70.1 Å². The second-order valence-corrected chi connectivity index (χ2v) is 5.75. The number of carbonyl (C=O) groups excluding carboxylic acids is 1. The Labute approximate surface area is 125 Å². The number of benzene rings is 2. The molecule has 0 amide bonds. The van der Waals surface area contributed by atoms with Crippen LogP contribution in [0, 0.1) is 0 Å². The fourth-order valence-corrected chi connectivity index (χ4v) is 3.34. The average Bonchev–Trinajstić information content (AvgIpc) is 2.90. The molecule has 0 aliphatic carbocycles. The molecule has 1 atom stereocenters. The number of hydrogen-bond acceptors (Lipinski definition) is 3. The highest BCUT2D eigenvalue weighted by Gasteiger charge is 2.23. The first kappa shape index (κ1) is 13.3. The van der Waals surface area contributed by atoms with Gasteiger partial charge in [-0.2, -0.15) is 0 Å². The van der Waals surface area contributed by atoms with Gasteiger partial charge in [0.1, 0.15) is 6.10 Å². The molecule has 0 fully saturated rings. The Kier molecular flexibility index (Phi) is 3.57. The Hall–Kier alpha value is -1.68. The SMILES string of the molecule is O=C(c1csc2ccccc12)C(O)c1ccccc1Cl. The van der Waals surface area contributed by atoms with E-state index in [-0.39, 0.29) is 5.78 Å². The van der Waals surface area contributed by atoms with Crippen molar-refractivity contribution in [2.24, 2.45) is 0 Å². The third-order valence-electron chi connectivity index (χ3n) is 3.19. The van der Waals surface area contributed by atoms with Crippen LogP contribution in [0.4, 0.5) is 0 Å². The molecule has 0 spiro atoms. The van der Waals surface area contributed by atoms with E-state index in [1.165, 1.54) is 11.3 Å². The van der Waals surface area contributed by atoms with Crippen LogP contribution in [0.25, 0.3) is 10.1 Å². The first-order valence-corrected chi connectivity index (χ1v) is 7.37. The molecule has 0 saturated heterocycles. The van der Waals surface area contributed by atoms with Gasteiger partial charge in [0.25, 0.3) is 0 Å². The zero-order chi connectivity index (χ0) is 14.1. The van der Waals surface area contributed by atoms with Crippen LogP contribution in [-0.4, -0.2) is 10.9 Å². The standard InChI is InChI=1S/C16H11ClO2S/c17-13-7-3-1-6-11(13)15(18)16(19)12-9-20-14-8-4-2-5-10(12)14/h1-9,15,18H. The Bertz CT molecular complexity index is 779. The summed E-state index contributed by atoms with van der Waals surface area (Å²) < 4.78 is 1.03. The van der Waals surface area contributed by atoms with Crippen molar-refractivity contribution in [1.29, 1.82) is 0 Å². The fourth-order valence-electron chi connectivity index (χ4n) is 2.15. The summed E-state index contributed by atoms with van der Waals surface area (Å²) in [6, 6.07) is 14.5. The maximum atomic E-state index is 12.5. The number of ketones is 1. The van der Waals surface area contributed by atoms with Gasteiger partial charge in [0.05, 0.1) is 0 Å². The van der Waals surface area contributed by atoms with E-state index in [1.54, 1.807) is 29.6 Å². The third kappa shape index (κ3) is 2.24. The van der Waals surface area contributed by atoms with Crippen LogP contribution >= 0.6 is 22.9 Å². The van der Waals surface area contributed by atoms with Crippen molar-refractivity contribution in [2.45, 2.75) is 6.10 Å². The lowest BCUT2D eigenvalue weighted by molar-refractivity contribution is 0.0750. The van der Waals surface area contributed by atoms with E-state index in [1.807, 2.05) is 24.3 Å². The summed E-state index contributed by atoms with van der Waals surface area (Å²) >= 11 is 7.53. The number of fused-ring (bicyclic) bond motifs is 1. The van der Waals surface area contributed by atoms with Crippen LogP contribution < -0.4 is 0 Å². The van der Waals surface area contributed by atoms with E-state index >= 15 is 0 Å². The molecule has 1 heterocycles. The summed E-state index contributed by atoms with van der Waals surface area (Å²) in [5.41, 5.74) is 0.979. The second-order valence-electron chi connectivity index (χ2n) is 4.43. The number of thiophene rings is 1. The van der Waals surface area contributed by atoms with Crippen molar-refractivity contribution in [3.63, 3.8) is 0 Å². The summed E-state index contributed by atoms with van der Waals surface area (Å²) in [6.07, 6.45) is -1.23. The molecule has 2 aromatic carbocycles. The highest BCUT2D eigenvalue weighted by atomic mass is 35.5. The summed E-state index contributed by atoms with van der Waals surface area (Å²) in [4.78, 5) is 12.5. The number of rotatable bonds is 3. The van der Waals surface area contributed by atoms with E-state index in [4.69, 9.17) is 11.6 Å². The number of Topliss-reactive ketones (excluding diaryl/α,β-unsaturated/α-hetero) is 1. The lowest BCUT2D eigenvalue weighted by Crippen LogP contribution is -2.12. The third-order valence-corrected chi connectivity index (χ3v) is 4.50. The van der Waals surface area contributed by atoms with Crippen LogP contribution in [0.15, 0.2) is 53.9 Å². The molecule has 1 unspecified atom stereocenters. The highest BCUT2D eigenvalue weighted by molar-refractivity contribution is 7.17. The van der Waals surface area contributed by atoms with Crippen LogP contribution in [0.1, 0.15) is 22.0 Å². The smallest absolute Gasteiger partial charge is 0.197 e. The lowest BCUT2D eigenvalue weighted by atomic mass is 9.99. The van der Waals surface area contributed by atoms with E-state index in [9.17, 15) is 9.90 Å². The molecule has 1 N–H and O–H groups in total. The monoisotopic (exact) mass is 302 g/mol. The maximum absolute atomic E-state index is 12.5. The highest BCUT2D eigenvalue weighted by Crippen LogP contribution is 2.31. The molecule has 3 rings (SSSR count). The van der Waals surface area contributed by atoms with Crippen LogP contribution in [0.3, 0.4) is 0 Å². The molecule has 0 saturated carbocycles. The van der Waals surface area contributed by atoms with Gasteiger partial charge in [-0.3, -0.25) is 4.79 Å². The number of halogens is 1. The molecule has 20 heavy (non-hydrogen) atoms. The zero-order valence-corrected chi connectivity index (χ0v) is 12.0. The summed E-state index contributed by atoms with van der Waals surface area (Å²) in [6.45, 7) is 0. The quantitative estimate of drug-likeness (QED) is 0.725. The lowest BCUT2D eigenvalue weighted by Gasteiger charge is -2.11. The molecule has 1 aromatic heterocycles. The van der Waals surface area contributed by atoms with Crippen LogP contribution in [0.5, 0.6) is 0 Å². The Morgan fingerprint density at radius 2 is 1.80 bits per heavy atom. The molecule has 3 aromatic rings. The maximum Gasteiger partial charge on any atom is 0.197 e. The number of carbonyl (C=O) groups is 1. The summed E-state index contributed by atoms with van der Waals surface area (Å²) in [5.74, 6) is -0.324. The van der Waals surface area contributed by atoms with E-state index in [2.05, 4.69) is 0 Å². The number of aliphatic hydroxyl groups is 1. The molecule has 0 aliphatic rings. The molecule has 2 nitrogen and oxygen atoms in total. The fraction of sp³-hybridized carbons (Fsp3) is 0.0625. The van der Waals surface area contributed by atoms with Crippen LogP contribution in [0.2, 0.25) is 5.02 Å². The first-order valence-electron chi connectivity index (χ1n) is 6.11. The predicted molar refractivity (Wildman–Crippen MR) is 82.6 cm³/mol. The molecule has 4 heteroatoms. The molecule has 0 radical (unpaired) electrons. The minimum atomic E-state index is -1.23. The van der Waals surface area contributed by atoms with Gasteiger partial charge in [-0.05, 0) is 12.1 Å². The normalized spacial score (nSPS) is 12.5. The minimum Gasteiger partial charge on any atom is -0.380 e. The van der Waals surface area contributed by atoms with Crippen molar-refractivity contribution in [2.75, 3.05) is 0 Å². The molecule has 100 valence electrons. The van der Waals surface area contributed by atoms with Gasteiger partial charge in [0.15, 0.2) is 5.78 Å². The van der Waals surface area contributed by atoms with Crippen molar-refractivity contribution in [1.82, 2.24) is 0 Å². The predicted octanol–water partition coefficient (Wildman–Crippen LogP) is 4.47. The topological polar surface area (TPSA) is 37.3 Å². The van der Waals surface area contributed by atoms with Gasteiger partial charge in [0.2, 0.25) is 0 Å². The van der Waals surface area contributed by atoms with Crippen molar-refractivity contribution >= 4 is 38.8 Å². The van der Waals surface area contributed by atoms with Gasteiger partial charge >= 0.3 is 0 Å². The average molecular weight is 303 g/mol. The van der Waals surface area contributed by atoms with E-state index < -0.39 is 6.10 Å². The first-order chi connectivity index (χ1) is 9.68. The Morgan fingerprint density at radius 1 is 1.10 bits per heavy atom. The summed E-state index contributed by atoms with van der Waals surface area (Å²) in [5, 5.41) is 13.3. The van der Waals surface area contributed by atoms with Gasteiger partial charge < -0.3 is 5.11 Å². The van der Waals surface area contributed by atoms with Gasteiger partial charge in [-0.1, -0.05) is 48.0 Å². The molecular formula is C16H11ClO2S. The summed E-state index contributed by atoms with van der Waals surface area (Å²) in [7, 11) is 0. The zero-order valence-electron chi connectivity index (χ0n) is 10.4. The Morgan fingerprint density at radius 3 is 2.60 bits per heavy atom. The van der Waals surface area contributed by atoms with Crippen molar-refractivity contribution in [3.8, 4) is 0 Å². The van der Waals surface area contributed by atoms with E-state index in [0.717, 1.165) is 10.1 Å². The second kappa shape index (κ2) is 5.37. The van der Waals surface area contributed by atoms with E-state index in [0.29, 0.717) is 16.1 Å².